The summed E-state index contributed by atoms with van der Waals surface area (Å²) in [5, 5.41) is 0. The van der Waals surface area contributed by atoms with E-state index in [4.69, 9.17) is 0 Å². The summed E-state index contributed by atoms with van der Waals surface area (Å²) in [4.78, 5) is 0. The fraction of sp³-hybridized carbons (Fsp3) is 0.333. The van der Waals surface area contributed by atoms with E-state index >= 15 is 0 Å². The van der Waals surface area contributed by atoms with E-state index in [9.17, 15) is 0 Å². The molecular formula is C9H14AsI. The van der Waals surface area contributed by atoms with Crippen LogP contribution in [0.5, 0.6) is 0 Å². The van der Waals surface area contributed by atoms with Gasteiger partial charge >= 0.3 is 81.0 Å². The average molecular weight is 324 g/mol. The first kappa shape index (κ1) is 9.60. The zero-order valence-corrected chi connectivity index (χ0v) is 11.2. The summed E-state index contributed by atoms with van der Waals surface area (Å²) in [5.74, 6) is 0. The van der Waals surface area contributed by atoms with Crippen LogP contribution in [0.1, 0.15) is 0 Å². The molecule has 0 fully saturated rings. The zero-order chi connectivity index (χ0) is 8.56. The first-order chi connectivity index (χ1) is 4.86. The topological polar surface area (TPSA) is 0 Å². The SMILES string of the molecule is C[As](C)(C)(I)c1ccccc1. The van der Waals surface area contributed by atoms with Gasteiger partial charge in [-0.1, -0.05) is 0 Å². The quantitative estimate of drug-likeness (QED) is 0.550. The van der Waals surface area contributed by atoms with Crippen LogP contribution in [0.2, 0.25) is 17.1 Å². The summed E-state index contributed by atoms with van der Waals surface area (Å²) >= 11 is 2.66. The number of hydrogen-bond acceptors (Lipinski definition) is 0. The number of benzene rings is 1. The van der Waals surface area contributed by atoms with Gasteiger partial charge < -0.3 is 0 Å². The maximum atomic E-state index is 2.66. The molecule has 62 valence electrons. The summed E-state index contributed by atoms with van der Waals surface area (Å²) in [6.07, 6.45) is 0. The van der Waals surface area contributed by atoms with E-state index in [1.165, 1.54) is 0 Å². The Bertz CT molecular complexity index is 236. The molecule has 0 N–H and O–H groups in total. The van der Waals surface area contributed by atoms with Crippen LogP contribution in [0.4, 0.5) is 0 Å². The third kappa shape index (κ3) is 2.79. The van der Waals surface area contributed by atoms with Crippen LogP contribution in [0, 0.1) is 0 Å². The normalized spacial score (nSPS) is 15.5. The van der Waals surface area contributed by atoms with E-state index in [-0.39, 0.29) is 0 Å². The molecular weight excluding hydrogens is 310 g/mol. The average Bonchev–Trinajstić information content (AvgIpc) is 1.86. The Kier molecular flexibility index (Phi) is 2.42. The third-order valence-electron chi connectivity index (χ3n) is 1.63. The van der Waals surface area contributed by atoms with Crippen molar-refractivity contribution in [1.29, 1.82) is 0 Å². The molecule has 0 aromatic heterocycles. The van der Waals surface area contributed by atoms with Crippen molar-refractivity contribution >= 4 is 33.6 Å². The Morgan fingerprint density at radius 2 is 1.45 bits per heavy atom. The van der Waals surface area contributed by atoms with Crippen molar-refractivity contribution in [1.82, 2.24) is 0 Å². The fourth-order valence-corrected chi connectivity index (χ4v) is 5.08. The molecule has 0 nitrogen and oxygen atoms in total. The van der Waals surface area contributed by atoms with Crippen molar-refractivity contribution in [3.8, 4) is 0 Å². The van der Waals surface area contributed by atoms with Crippen LogP contribution >= 0.6 is 20.1 Å². The van der Waals surface area contributed by atoms with E-state index in [1.807, 2.05) is 0 Å². The molecule has 0 spiro atoms. The standard InChI is InChI=1S/C9H14AsI/c1-10(2,3,11)9-7-5-4-6-8-9/h4-8H,1-3H3. The maximum absolute atomic E-state index is 2.66. The molecule has 1 aromatic carbocycles. The molecule has 0 radical (unpaired) electrons. The van der Waals surface area contributed by atoms with Gasteiger partial charge in [0.15, 0.2) is 0 Å². The second kappa shape index (κ2) is 2.77. The molecule has 0 aliphatic rings. The minimum atomic E-state index is -2.03. The van der Waals surface area contributed by atoms with Crippen molar-refractivity contribution in [2.75, 3.05) is 0 Å². The van der Waals surface area contributed by atoms with Crippen LogP contribution in [0.15, 0.2) is 30.3 Å². The molecule has 0 bridgehead atoms. The van der Waals surface area contributed by atoms with Crippen LogP contribution in [0.25, 0.3) is 0 Å². The van der Waals surface area contributed by atoms with Crippen molar-refractivity contribution in [3.05, 3.63) is 30.3 Å². The fourth-order valence-electron chi connectivity index (χ4n) is 0.932. The Morgan fingerprint density at radius 3 is 1.73 bits per heavy atom. The predicted molar refractivity (Wildman–Crippen MR) is 63.4 cm³/mol. The Hall–Kier alpha value is 0.508. The molecule has 0 unspecified atom stereocenters. The molecule has 0 atom stereocenters. The number of halogens is 1. The van der Waals surface area contributed by atoms with Crippen molar-refractivity contribution in [2.24, 2.45) is 0 Å². The van der Waals surface area contributed by atoms with E-state index in [0.717, 1.165) is 0 Å². The molecule has 0 saturated carbocycles. The van der Waals surface area contributed by atoms with E-state index in [0.29, 0.717) is 0 Å². The Morgan fingerprint density at radius 1 is 1.00 bits per heavy atom. The molecule has 1 rings (SSSR count). The van der Waals surface area contributed by atoms with Gasteiger partial charge in [-0.3, -0.25) is 0 Å². The molecule has 11 heavy (non-hydrogen) atoms. The van der Waals surface area contributed by atoms with Crippen LogP contribution < -0.4 is 4.35 Å². The second-order valence-electron chi connectivity index (χ2n) is 3.94. The molecule has 0 heterocycles. The summed E-state index contributed by atoms with van der Waals surface area (Å²) in [7, 11) is -2.03. The summed E-state index contributed by atoms with van der Waals surface area (Å²) in [6.45, 7) is 0. The predicted octanol–water partition coefficient (Wildman–Crippen LogP) is 3.12. The van der Waals surface area contributed by atoms with E-state index in [2.05, 4.69) is 67.6 Å². The van der Waals surface area contributed by atoms with E-state index in [1.54, 1.807) is 4.35 Å². The van der Waals surface area contributed by atoms with Crippen LogP contribution in [0.3, 0.4) is 0 Å². The van der Waals surface area contributed by atoms with Gasteiger partial charge in [-0.2, -0.15) is 0 Å². The van der Waals surface area contributed by atoms with E-state index < -0.39 is 9.10 Å². The Balaban J connectivity index is 3.14. The van der Waals surface area contributed by atoms with Gasteiger partial charge in [0.2, 0.25) is 0 Å². The molecule has 0 saturated heterocycles. The summed E-state index contributed by atoms with van der Waals surface area (Å²) in [5.41, 5.74) is 7.23. The monoisotopic (exact) mass is 324 g/mol. The number of hydrogen-bond donors (Lipinski definition) is 0. The first-order valence-electron chi connectivity index (χ1n) is 3.64. The summed E-state index contributed by atoms with van der Waals surface area (Å²) in [6, 6.07) is 10.8. The number of rotatable bonds is 1. The molecule has 0 amide bonds. The van der Waals surface area contributed by atoms with Gasteiger partial charge in [0.05, 0.1) is 0 Å². The molecule has 0 aliphatic heterocycles. The van der Waals surface area contributed by atoms with Crippen LogP contribution in [-0.2, 0) is 0 Å². The van der Waals surface area contributed by atoms with Crippen molar-refractivity contribution in [2.45, 2.75) is 17.1 Å². The second-order valence-corrected chi connectivity index (χ2v) is 33.5. The molecule has 1 aromatic rings. The third-order valence-corrected chi connectivity index (χ3v) is 8.81. The Labute approximate surface area is 80.6 Å². The van der Waals surface area contributed by atoms with Gasteiger partial charge in [0, 0.05) is 0 Å². The molecule has 2 heteroatoms. The van der Waals surface area contributed by atoms with Crippen molar-refractivity contribution in [3.63, 3.8) is 0 Å². The zero-order valence-electron chi connectivity index (χ0n) is 7.21. The van der Waals surface area contributed by atoms with Gasteiger partial charge in [-0.15, -0.1) is 0 Å². The summed E-state index contributed by atoms with van der Waals surface area (Å²) < 4.78 is 1.55. The van der Waals surface area contributed by atoms with Crippen LogP contribution in [-0.4, -0.2) is 9.10 Å². The van der Waals surface area contributed by atoms with Gasteiger partial charge in [0.1, 0.15) is 0 Å². The van der Waals surface area contributed by atoms with Gasteiger partial charge in [0.25, 0.3) is 0 Å². The molecule has 0 aliphatic carbocycles. The van der Waals surface area contributed by atoms with Crippen molar-refractivity contribution < 1.29 is 0 Å². The first-order valence-corrected chi connectivity index (χ1v) is 15.9. The van der Waals surface area contributed by atoms with Gasteiger partial charge in [-0.25, -0.2) is 0 Å². The minimum absolute atomic E-state index is 1.55. The van der Waals surface area contributed by atoms with Gasteiger partial charge in [-0.05, 0) is 0 Å².